The van der Waals surface area contributed by atoms with E-state index in [0.717, 1.165) is 6.42 Å². The Morgan fingerprint density at radius 2 is 1.83 bits per heavy atom. The van der Waals surface area contributed by atoms with Gasteiger partial charge < -0.3 is 29.7 Å². The minimum Gasteiger partial charge on any atom is -0.484 e. The molecule has 5 aliphatic rings. The molecule has 4 heterocycles. The number of carbonyl (C=O) groups excluding carboxylic acids is 4. The number of aromatic nitrogens is 1. The van der Waals surface area contributed by atoms with Crippen molar-refractivity contribution in [1.82, 2.24) is 25.2 Å². The summed E-state index contributed by atoms with van der Waals surface area (Å²) in [7, 11) is -4.05. The Hall–Kier alpha value is -4.61. The molecule has 59 heavy (non-hydrogen) atoms. The van der Waals surface area contributed by atoms with Crippen LogP contribution < -0.4 is 24.8 Å². The number of aryl methyl sites for hydroxylation is 2. The van der Waals surface area contributed by atoms with Crippen molar-refractivity contribution in [2.24, 2.45) is 5.92 Å². The van der Waals surface area contributed by atoms with E-state index in [0.29, 0.717) is 66.4 Å². The third kappa shape index (κ3) is 8.97. The second-order valence-corrected chi connectivity index (χ2v) is 20.2. The number of halogens is 3. The zero-order valence-electron chi connectivity index (χ0n) is 33.9. The quantitative estimate of drug-likeness (QED) is 0.317. The molecule has 0 unspecified atom stereocenters. The summed E-state index contributed by atoms with van der Waals surface area (Å²) in [6.45, 7) is 6.84. The average molecular weight is 848 g/mol. The molecule has 2 saturated carbocycles. The van der Waals surface area contributed by atoms with Crippen LogP contribution in [0, 0.1) is 12.8 Å². The van der Waals surface area contributed by atoms with E-state index in [4.69, 9.17) is 14.2 Å². The average Bonchev–Trinajstić information content (AvgIpc) is 4.03. The molecule has 2 aliphatic carbocycles. The Morgan fingerprint density at radius 1 is 1.08 bits per heavy atom. The summed E-state index contributed by atoms with van der Waals surface area (Å²) in [5, 5.41) is 6.15. The van der Waals surface area contributed by atoms with E-state index in [1.807, 2.05) is 12.2 Å². The summed E-state index contributed by atoms with van der Waals surface area (Å²) in [6.07, 6.45) is 2.91. The molecule has 1 spiro atoms. The number of alkyl halides is 3. The van der Waals surface area contributed by atoms with Crippen molar-refractivity contribution in [3.63, 3.8) is 0 Å². The Kier molecular flexibility index (Phi) is 10.9. The van der Waals surface area contributed by atoms with Gasteiger partial charge in [-0.3, -0.25) is 19.1 Å². The molecular weight excluding hydrogens is 796 g/mol. The molecule has 18 heteroatoms. The highest BCUT2D eigenvalue weighted by Crippen LogP contribution is 2.49. The zero-order valence-corrected chi connectivity index (χ0v) is 34.7. The smallest absolute Gasteiger partial charge is 0.422 e. The van der Waals surface area contributed by atoms with E-state index in [2.05, 4.69) is 20.3 Å². The SMILES string of the molecule is Cc1nc2ccc(OCC(F)(F)F)cc2c2c1O[C@]1(CC2)C[C@H]2C(=O)N[C@]3(C(=O)NS(=O)(=O)C4(C)CC4)C[C@H]3/C=C\CCCCC[C@H](NC(=O)OC(C)(C)C)C(=O)N2C1. The number of hydrogen-bond donors (Lipinski definition) is 3. The first-order valence-electron chi connectivity index (χ1n) is 20.2. The predicted molar refractivity (Wildman–Crippen MR) is 209 cm³/mol. The number of benzene rings is 1. The Bertz CT molecular complexity index is 2190. The zero-order chi connectivity index (χ0) is 42.8. The first kappa shape index (κ1) is 42.5. The van der Waals surface area contributed by atoms with Crippen molar-refractivity contribution in [2.45, 2.75) is 145 Å². The summed E-state index contributed by atoms with van der Waals surface area (Å²) in [6, 6.07) is 2.20. The van der Waals surface area contributed by atoms with Crippen LogP contribution in [-0.4, -0.2) is 95.0 Å². The number of amides is 4. The Labute approximate surface area is 341 Å². The van der Waals surface area contributed by atoms with Gasteiger partial charge in [-0.25, -0.2) is 18.2 Å². The van der Waals surface area contributed by atoms with Crippen molar-refractivity contribution in [3.05, 3.63) is 41.6 Å². The van der Waals surface area contributed by atoms with Crippen LogP contribution in [0.15, 0.2) is 30.4 Å². The van der Waals surface area contributed by atoms with E-state index in [1.165, 1.54) is 17.0 Å². The van der Waals surface area contributed by atoms with E-state index < -0.39 is 86.1 Å². The molecule has 2 aromatic rings. The van der Waals surface area contributed by atoms with E-state index in [-0.39, 0.29) is 38.0 Å². The number of rotatable bonds is 6. The molecule has 3 fully saturated rings. The monoisotopic (exact) mass is 847 g/mol. The van der Waals surface area contributed by atoms with Gasteiger partial charge in [0.2, 0.25) is 21.8 Å². The third-order valence-electron chi connectivity index (χ3n) is 12.0. The van der Waals surface area contributed by atoms with Crippen LogP contribution in [0.1, 0.15) is 103 Å². The summed E-state index contributed by atoms with van der Waals surface area (Å²) >= 11 is 0. The number of carbonyl (C=O) groups is 4. The third-order valence-corrected chi connectivity index (χ3v) is 14.2. The van der Waals surface area contributed by atoms with Gasteiger partial charge in [-0.05, 0) is 104 Å². The number of allylic oxidation sites excluding steroid dienone is 1. The van der Waals surface area contributed by atoms with Crippen LogP contribution in [0.5, 0.6) is 11.5 Å². The summed E-state index contributed by atoms with van der Waals surface area (Å²) in [5.41, 5.74) is -1.89. The van der Waals surface area contributed by atoms with Gasteiger partial charge in [-0.1, -0.05) is 25.0 Å². The maximum absolute atomic E-state index is 14.7. The molecule has 5 atom stereocenters. The lowest BCUT2D eigenvalue weighted by Crippen LogP contribution is -2.58. The molecule has 1 aromatic heterocycles. The summed E-state index contributed by atoms with van der Waals surface area (Å²) in [4.78, 5) is 62.5. The maximum atomic E-state index is 14.7. The number of nitrogens with one attached hydrogen (secondary N) is 3. The molecule has 3 aliphatic heterocycles. The number of nitrogens with zero attached hydrogens (tertiary/aromatic N) is 2. The number of hydrogen-bond acceptors (Lipinski definition) is 10. The first-order valence-corrected chi connectivity index (χ1v) is 21.7. The lowest BCUT2D eigenvalue weighted by Gasteiger charge is -2.37. The van der Waals surface area contributed by atoms with Crippen LogP contribution >= 0.6 is 0 Å². The van der Waals surface area contributed by atoms with Crippen molar-refractivity contribution in [2.75, 3.05) is 13.2 Å². The first-order chi connectivity index (χ1) is 27.5. The van der Waals surface area contributed by atoms with Crippen molar-refractivity contribution in [3.8, 4) is 11.5 Å². The van der Waals surface area contributed by atoms with Gasteiger partial charge in [0.15, 0.2) is 6.61 Å². The van der Waals surface area contributed by atoms with Crippen molar-refractivity contribution >= 4 is 44.7 Å². The number of pyridine rings is 1. The molecule has 0 radical (unpaired) electrons. The van der Waals surface area contributed by atoms with Gasteiger partial charge in [0.25, 0.3) is 5.91 Å². The highest BCUT2D eigenvalue weighted by Gasteiger charge is 2.64. The summed E-state index contributed by atoms with van der Waals surface area (Å²) < 4.78 is 83.8. The molecule has 0 bridgehead atoms. The van der Waals surface area contributed by atoms with Crippen LogP contribution in [0.25, 0.3) is 10.9 Å². The second kappa shape index (κ2) is 15.1. The molecule has 3 N–H and O–H groups in total. The number of ether oxygens (including phenoxy) is 3. The number of sulfonamides is 1. The predicted octanol–water partition coefficient (Wildman–Crippen LogP) is 5.44. The largest absolute Gasteiger partial charge is 0.484 e. The lowest BCUT2D eigenvalue weighted by atomic mass is 9.87. The van der Waals surface area contributed by atoms with E-state index >= 15 is 0 Å². The van der Waals surface area contributed by atoms with Gasteiger partial charge in [-0.2, -0.15) is 13.2 Å². The lowest BCUT2D eigenvalue weighted by molar-refractivity contribution is -0.153. The molecule has 1 saturated heterocycles. The molecule has 1 aromatic carbocycles. The molecular formula is C41H52F3N5O9S. The fourth-order valence-electron chi connectivity index (χ4n) is 8.38. The fraction of sp³-hybridized carbons (Fsp3) is 0.634. The van der Waals surface area contributed by atoms with Gasteiger partial charge in [0.1, 0.15) is 40.3 Å². The molecule has 7 rings (SSSR count). The van der Waals surface area contributed by atoms with E-state index in [9.17, 15) is 40.8 Å². The van der Waals surface area contributed by atoms with Crippen molar-refractivity contribution < 1.29 is 55.0 Å². The van der Waals surface area contributed by atoms with E-state index in [1.54, 1.807) is 40.7 Å². The Balaban J connectivity index is 1.23. The summed E-state index contributed by atoms with van der Waals surface area (Å²) in [5.74, 6) is -2.20. The minimum absolute atomic E-state index is 0.00533. The highest BCUT2D eigenvalue weighted by molar-refractivity contribution is 7.91. The molecule has 4 amide bonds. The minimum atomic E-state index is -4.53. The fourth-order valence-corrected chi connectivity index (χ4v) is 9.69. The van der Waals surface area contributed by atoms with Crippen LogP contribution in [0.2, 0.25) is 0 Å². The van der Waals surface area contributed by atoms with Crippen LogP contribution in [0.3, 0.4) is 0 Å². The van der Waals surface area contributed by atoms with Gasteiger partial charge in [0, 0.05) is 23.3 Å². The van der Waals surface area contributed by atoms with Gasteiger partial charge >= 0.3 is 12.3 Å². The second-order valence-electron chi connectivity index (χ2n) is 18.0. The maximum Gasteiger partial charge on any atom is 0.422 e. The normalized spacial score (nSPS) is 28.7. The standard InChI is InChI=1S/C41H52F3N5O9S/c1-24-32-27(28-19-26(13-14-29(28)45-24)56-23-41(42,43)44)15-16-39(57-32)21-31-33(50)47-40(35(52)48-59(54,55)38(5)17-18-38)20-25(40)11-9-7-6-8-10-12-30(34(51)49(31)22-39)46-36(53)58-37(2,3)4/h9,11,13-14,19,25,30-31H,6-8,10,12,15-18,20-23H2,1-5H3,(H,46,53)(H,47,50)(H,48,52)/b11-9-/t25-,30+,31+,39-,40-/m1/s1. The Morgan fingerprint density at radius 3 is 2.53 bits per heavy atom. The van der Waals surface area contributed by atoms with Gasteiger partial charge in [-0.15, -0.1) is 0 Å². The topological polar surface area (TPSA) is 182 Å². The van der Waals surface area contributed by atoms with Gasteiger partial charge in [0.05, 0.1) is 22.5 Å². The van der Waals surface area contributed by atoms with Crippen LogP contribution in [0.4, 0.5) is 18.0 Å². The molecule has 322 valence electrons. The number of alkyl carbamates (subject to hydrolysis) is 1. The molecule has 14 nitrogen and oxygen atoms in total. The van der Waals surface area contributed by atoms with Crippen LogP contribution in [-0.2, 0) is 35.6 Å². The number of fused-ring (bicyclic) bond motifs is 5. The highest BCUT2D eigenvalue weighted by atomic mass is 32.2. The van der Waals surface area contributed by atoms with Crippen molar-refractivity contribution in [1.29, 1.82) is 0 Å².